The maximum absolute atomic E-state index is 15.0. The summed E-state index contributed by atoms with van der Waals surface area (Å²) < 4.78 is 43.2. The van der Waals surface area contributed by atoms with Crippen molar-refractivity contribution in [3.05, 3.63) is 42.2 Å². The molecule has 0 aliphatic carbocycles. The van der Waals surface area contributed by atoms with Gasteiger partial charge in [0.25, 0.3) is 0 Å². The number of hydrogen-bond acceptors (Lipinski definition) is 8. The minimum atomic E-state index is -0.642. The third kappa shape index (κ3) is 4.55. The van der Waals surface area contributed by atoms with E-state index in [9.17, 15) is 5.11 Å². The number of rotatable bonds is 8. The van der Waals surface area contributed by atoms with E-state index >= 15 is 4.39 Å². The molecule has 10 heteroatoms. The van der Waals surface area contributed by atoms with Crippen molar-refractivity contribution in [3.8, 4) is 17.1 Å². The molecule has 5 atom stereocenters. The van der Waals surface area contributed by atoms with E-state index in [-0.39, 0.29) is 36.7 Å². The van der Waals surface area contributed by atoms with Gasteiger partial charge in [0.05, 0.1) is 43.6 Å². The Bertz CT molecular complexity index is 1200. The third-order valence-electron chi connectivity index (χ3n) is 7.08. The second kappa shape index (κ2) is 9.95. The van der Waals surface area contributed by atoms with Crippen molar-refractivity contribution in [1.29, 1.82) is 0 Å². The number of H-pyrrole nitrogens is 1. The Hall–Kier alpha value is -2.76. The molecule has 3 fully saturated rings. The smallest absolute Gasteiger partial charge is 0.193 e. The number of fused-ring (bicyclic) bond motifs is 2. The fraction of sp³-hybridized carbons (Fsp3) is 0.500. The van der Waals surface area contributed by atoms with E-state index in [1.807, 2.05) is 24.3 Å². The van der Waals surface area contributed by atoms with Crippen LogP contribution in [-0.2, 0) is 18.9 Å². The molecular formula is C26H30FN3O6. The van der Waals surface area contributed by atoms with E-state index in [0.29, 0.717) is 42.3 Å². The maximum Gasteiger partial charge on any atom is 0.193 e. The first-order valence-electron chi connectivity index (χ1n) is 12.3. The Morgan fingerprint density at radius 1 is 1.14 bits per heavy atom. The normalized spacial score (nSPS) is 27.8. The molecule has 2 aromatic heterocycles. The predicted molar refractivity (Wildman–Crippen MR) is 130 cm³/mol. The van der Waals surface area contributed by atoms with Crippen LogP contribution in [0, 0.1) is 5.82 Å². The molecule has 3 aliphatic rings. The molecule has 2 N–H and O–H groups in total. The second-order valence-electron chi connectivity index (χ2n) is 9.47. The van der Waals surface area contributed by atoms with Gasteiger partial charge >= 0.3 is 0 Å². The Kier molecular flexibility index (Phi) is 6.53. The standard InChI is InChI=1S/C26H30FN3O6/c1-32-8-9-33-17-6-7-30(12-17)16-4-2-15(3-5-16)24-18(27)10-19-20(29-24)11-23(28-19)36-22-14-35-25-21(31)13-34-26(22)25/h2-5,10-11,17,21-22,25-26,28,31H,6-9,12-14H2,1H3/t17?,21-,22-,25-,26?/m1/s1. The number of halogens is 1. The second-order valence-corrected chi connectivity index (χ2v) is 9.47. The number of benzene rings is 1. The first kappa shape index (κ1) is 23.6. The lowest BCUT2D eigenvalue weighted by atomic mass is 10.1. The van der Waals surface area contributed by atoms with E-state index < -0.39 is 11.9 Å². The summed E-state index contributed by atoms with van der Waals surface area (Å²) in [6.07, 6.45) is -0.535. The number of hydrogen-bond donors (Lipinski definition) is 2. The van der Waals surface area contributed by atoms with E-state index in [1.54, 1.807) is 13.2 Å². The van der Waals surface area contributed by atoms with Crippen LogP contribution in [0.4, 0.5) is 10.1 Å². The molecule has 0 spiro atoms. The highest BCUT2D eigenvalue weighted by atomic mass is 19.1. The number of aliphatic hydroxyl groups excluding tert-OH is 1. The van der Waals surface area contributed by atoms with Gasteiger partial charge in [0.1, 0.15) is 24.0 Å². The maximum atomic E-state index is 15.0. The number of pyridine rings is 1. The molecule has 0 saturated carbocycles. The lowest BCUT2D eigenvalue weighted by Gasteiger charge is -2.19. The summed E-state index contributed by atoms with van der Waals surface area (Å²) in [4.78, 5) is 9.91. The summed E-state index contributed by atoms with van der Waals surface area (Å²) in [5.74, 6) is 0.0443. The lowest BCUT2D eigenvalue weighted by molar-refractivity contribution is 0.00794. The average molecular weight is 500 g/mol. The van der Waals surface area contributed by atoms with Gasteiger partial charge in [-0.15, -0.1) is 0 Å². The number of aliphatic hydroxyl groups is 1. The van der Waals surface area contributed by atoms with Crippen molar-refractivity contribution < 1.29 is 33.2 Å². The molecule has 3 saturated heterocycles. The monoisotopic (exact) mass is 499 g/mol. The molecule has 5 heterocycles. The minimum absolute atomic E-state index is 0.193. The van der Waals surface area contributed by atoms with Crippen molar-refractivity contribution in [1.82, 2.24) is 9.97 Å². The fourth-order valence-corrected chi connectivity index (χ4v) is 5.21. The van der Waals surface area contributed by atoms with Gasteiger partial charge in [0.15, 0.2) is 17.8 Å². The molecule has 2 unspecified atom stereocenters. The quantitative estimate of drug-likeness (QED) is 0.457. The third-order valence-corrected chi connectivity index (χ3v) is 7.08. The van der Waals surface area contributed by atoms with Gasteiger partial charge in [-0.3, -0.25) is 0 Å². The van der Waals surface area contributed by atoms with Crippen LogP contribution >= 0.6 is 0 Å². The topological polar surface area (TPSA) is 98.3 Å². The Morgan fingerprint density at radius 2 is 1.97 bits per heavy atom. The molecule has 0 bridgehead atoms. The van der Waals surface area contributed by atoms with Crippen molar-refractivity contribution in [3.63, 3.8) is 0 Å². The minimum Gasteiger partial charge on any atom is -0.470 e. The zero-order valence-electron chi connectivity index (χ0n) is 20.1. The van der Waals surface area contributed by atoms with Gasteiger partial charge < -0.3 is 38.7 Å². The summed E-state index contributed by atoms with van der Waals surface area (Å²) in [6, 6.07) is 11.0. The molecule has 0 radical (unpaired) electrons. The summed E-state index contributed by atoms with van der Waals surface area (Å²) in [7, 11) is 1.67. The van der Waals surface area contributed by atoms with Gasteiger partial charge in [-0.1, -0.05) is 12.1 Å². The summed E-state index contributed by atoms with van der Waals surface area (Å²) >= 11 is 0. The van der Waals surface area contributed by atoms with Gasteiger partial charge in [-0.25, -0.2) is 9.37 Å². The summed E-state index contributed by atoms with van der Waals surface area (Å²) in [6.45, 7) is 3.48. The highest BCUT2D eigenvalue weighted by Crippen LogP contribution is 2.32. The van der Waals surface area contributed by atoms with E-state index in [1.165, 1.54) is 6.07 Å². The SMILES string of the molecule is COCCOC1CCN(c2ccc(-c3nc4cc(O[C@@H]5CO[C@H]6C5OC[C@H]6O)[nH]c4cc3F)cc2)C1. The number of aromatic amines is 1. The van der Waals surface area contributed by atoms with Crippen LogP contribution in [0.15, 0.2) is 36.4 Å². The van der Waals surface area contributed by atoms with Crippen LogP contribution in [0.5, 0.6) is 5.88 Å². The number of anilines is 1. The van der Waals surface area contributed by atoms with Crippen LogP contribution in [0.2, 0.25) is 0 Å². The Balaban J connectivity index is 1.15. The number of nitrogens with zero attached hydrogens (tertiary/aromatic N) is 2. The molecule has 3 aliphatic heterocycles. The number of ether oxygens (including phenoxy) is 5. The van der Waals surface area contributed by atoms with Crippen LogP contribution in [0.3, 0.4) is 0 Å². The Labute approximate surface area is 208 Å². The molecule has 192 valence electrons. The zero-order valence-corrected chi connectivity index (χ0v) is 20.1. The first-order valence-corrected chi connectivity index (χ1v) is 12.3. The molecule has 0 amide bonds. The lowest BCUT2D eigenvalue weighted by Crippen LogP contribution is -2.34. The molecule has 3 aromatic rings. The van der Waals surface area contributed by atoms with Crippen LogP contribution in [0.1, 0.15) is 6.42 Å². The largest absolute Gasteiger partial charge is 0.470 e. The van der Waals surface area contributed by atoms with Gasteiger partial charge in [-0.05, 0) is 18.6 Å². The summed E-state index contributed by atoms with van der Waals surface area (Å²) in [5, 5.41) is 9.92. The van der Waals surface area contributed by atoms with E-state index in [2.05, 4.69) is 14.9 Å². The van der Waals surface area contributed by atoms with Gasteiger partial charge in [0, 0.05) is 43.6 Å². The Morgan fingerprint density at radius 3 is 2.81 bits per heavy atom. The van der Waals surface area contributed by atoms with E-state index in [0.717, 1.165) is 25.2 Å². The highest BCUT2D eigenvalue weighted by molar-refractivity contribution is 5.81. The van der Waals surface area contributed by atoms with Crippen molar-refractivity contribution in [2.45, 2.75) is 36.9 Å². The highest BCUT2D eigenvalue weighted by Gasteiger charge is 2.48. The van der Waals surface area contributed by atoms with Crippen molar-refractivity contribution in [2.24, 2.45) is 0 Å². The van der Waals surface area contributed by atoms with Crippen molar-refractivity contribution >= 4 is 16.7 Å². The number of nitrogens with one attached hydrogen (secondary N) is 1. The fourth-order valence-electron chi connectivity index (χ4n) is 5.21. The van der Waals surface area contributed by atoms with E-state index in [4.69, 9.17) is 23.7 Å². The molecule has 6 rings (SSSR count). The molecule has 9 nitrogen and oxygen atoms in total. The van der Waals surface area contributed by atoms with Crippen LogP contribution in [0.25, 0.3) is 22.3 Å². The average Bonchev–Trinajstić information content (AvgIpc) is 3.66. The number of methoxy groups -OCH3 is 1. The van der Waals surface area contributed by atoms with Gasteiger partial charge in [0.2, 0.25) is 0 Å². The zero-order chi connectivity index (χ0) is 24.6. The number of aromatic nitrogens is 2. The predicted octanol–water partition coefficient (Wildman–Crippen LogP) is 2.52. The summed E-state index contributed by atoms with van der Waals surface area (Å²) in [5.41, 5.74) is 3.21. The van der Waals surface area contributed by atoms with Crippen molar-refractivity contribution in [2.75, 3.05) is 51.5 Å². The van der Waals surface area contributed by atoms with Crippen LogP contribution < -0.4 is 9.64 Å². The molecular weight excluding hydrogens is 469 g/mol. The molecule has 36 heavy (non-hydrogen) atoms. The molecule has 1 aromatic carbocycles. The van der Waals surface area contributed by atoms with Crippen LogP contribution in [-0.4, -0.2) is 92.2 Å². The van der Waals surface area contributed by atoms with Gasteiger partial charge in [-0.2, -0.15) is 0 Å². The first-order chi connectivity index (χ1) is 17.6.